The molecule has 4 heteroatoms. The molecule has 0 aliphatic carbocycles. The summed E-state index contributed by atoms with van der Waals surface area (Å²) < 4.78 is 0. The summed E-state index contributed by atoms with van der Waals surface area (Å²) in [6.45, 7) is 11.3. The quantitative estimate of drug-likeness (QED) is 0.761. The van der Waals surface area contributed by atoms with E-state index in [9.17, 15) is 4.79 Å². The van der Waals surface area contributed by atoms with Gasteiger partial charge in [-0.15, -0.1) is 12.3 Å². The van der Waals surface area contributed by atoms with Gasteiger partial charge in [-0.2, -0.15) is 0 Å². The van der Waals surface area contributed by atoms with Crippen LogP contribution in [0.5, 0.6) is 0 Å². The van der Waals surface area contributed by atoms with Crippen LogP contribution in [0, 0.1) is 12.3 Å². The molecule has 0 spiro atoms. The van der Waals surface area contributed by atoms with E-state index >= 15 is 0 Å². The lowest BCUT2D eigenvalue weighted by molar-refractivity contribution is 0.210. The first-order valence-corrected chi connectivity index (χ1v) is 6.61. The third-order valence-corrected chi connectivity index (χ3v) is 2.35. The van der Waals surface area contributed by atoms with Crippen molar-refractivity contribution in [2.45, 2.75) is 27.2 Å². The van der Waals surface area contributed by atoms with Crippen molar-refractivity contribution in [3.05, 3.63) is 36.0 Å². The standard InChI is InChI=1S/C11H16N2O.C3H4.C2H7N/c1-3-5-10-8-13(11(12)14)7-6-9(10)4-2;1-3-2;1-2-3/h3-5H,2,6-8H2,1H3,(H2,12,14);1H,2H3;2-3H2,1H3/b5-3-;;. The number of amides is 2. The lowest BCUT2D eigenvalue weighted by Gasteiger charge is -2.27. The van der Waals surface area contributed by atoms with Gasteiger partial charge in [0.15, 0.2) is 0 Å². The van der Waals surface area contributed by atoms with Gasteiger partial charge in [0.2, 0.25) is 0 Å². The molecule has 0 unspecified atom stereocenters. The number of terminal acetylenes is 1. The van der Waals surface area contributed by atoms with Crippen molar-refractivity contribution < 1.29 is 4.79 Å². The summed E-state index contributed by atoms with van der Waals surface area (Å²) in [6, 6.07) is -0.352. The lowest BCUT2D eigenvalue weighted by Crippen LogP contribution is -2.40. The van der Waals surface area contributed by atoms with Gasteiger partial charge >= 0.3 is 6.03 Å². The topological polar surface area (TPSA) is 72.3 Å². The number of nitrogens with zero attached hydrogens (tertiary/aromatic N) is 1. The first-order chi connectivity index (χ1) is 9.51. The van der Waals surface area contributed by atoms with E-state index in [0.29, 0.717) is 13.1 Å². The average Bonchev–Trinajstić information content (AvgIpc) is 2.40. The predicted octanol–water partition coefficient (Wildman–Crippen LogP) is 2.43. The maximum Gasteiger partial charge on any atom is 0.315 e. The monoisotopic (exact) mass is 277 g/mol. The van der Waals surface area contributed by atoms with Gasteiger partial charge in [-0.3, -0.25) is 0 Å². The van der Waals surface area contributed by atoms with E-state index in [0.717, 1.165) is 18.5 Å². The zero-order valence-electron chi connectivity index (χ0n) is 12.9. The Kier molecular flexibility index (Phi) is 13.7. The Hall–Kier alpha value is -1.99. The van der Waals surface area contributed by atoms with Crippen molar-refractivity contribution in [2.75, 3.05) is 19.6 Å². The first kappa shape index (κ1) is 20.3. The number of nitrogens with two attached hydrogens (primary N) is 2. The highest BCUT2D eigenvalue weighted by molar-refractivity contribution is 5.73. The van der Waals surface area contributed by atoms with Gasteiger partial charge in [0.1, 0.15) is 0 Å². The molecule has 1 heterocycles. The molecular weight excluding hydrogens is 250 g/mol. The zero-order valence-corrected chi connectivity index (χ0v) is 12.9. The molecule has 112 valence electrons. The molecule has 0 saturated carbocycles. The molecular formula is C16H27N3O. The summed E-state index contributed by atoms with van der Waals surface area (Å²) in [5.74, 6) is 2.25. The van der Waals surface area contributed by atoms with Crippen LogP contribution in [0.4, 0.5) is 4.79 Å². The van der Waals surface area contributed by atoms with E-state index in [1.165, 1.54) is 5.57 Å². The average molecular weight is 277 g/mol. The molecule has 0 bridgehead atoms. The molecule has 2 amide bonds. The molecule has 0 fully saturated rings. The highest BCUT2D eigenvalue weighted by Crippen LogP contribution is 2.19. The van der Waals surface area contributed by atoms with Gasteiger partial charge in [-0.25, -0.2) is 4.79 Å². The minimum absolute atomic E-state index is 0.352. The normalized spacial score (nSPS) is 13.7. The van der Waals surface area contributed by atoms with Crippen LogP contribution in [0.1, 0.15) is 27.2 Å². The molecule has 0 radical (unpaired) electrons. The smallest absolute Gasteiger partial charge is 0.315 e. The van der Waals surface area contributed by atoms with Crippen molar-refractivity contribution in [3.63, 3.8) is 0 Å². The zero-order chi connectivity index (χ0) is 16.0. The van der Waals surface area contributed by atoms with Crippen molar-refractivity contribution in [3.8, 4) is 12.3 Å². The molecule has 0 saturated heterocycles. The summed E-state index contributed by atoms with van der Waals surface area (Å²) in [7, 11) is 0. The minimum atomic E-state index is -0.352. The lowest BCUT2D eigenvalue weighted by atomic mass is 10.00. The molecule has 0 aromatic heterocycles. The van der Waals surface area contributed by atoms with Gasteiger partial charge in [0, 0.05) is 13.1 Å². The maximum atomic E-state index is 11.0. The largest absolute Gasteiger partial charge is 0.351 e. The number of urea groups is 1. The predicted molar refractivity (Wildman–Crippen MR) is 87.0 cm³/mol. The Morgan fingerprint density at radius 3 is 2.40 bits per heavy atom. The summed E-state index contributed by atoms with van der Waals surface area (Å²) in [4.78, 5) is 12.6. The van der Waals surface area contributed by atoms with E-state index < -0.39 is 0 Å². The van der Waals surface area contributed by atoms with Crippen LogP contribution in [-0.4, -0.2) is 30.6 Å². The molecule has 4 nitrogen and oxygen atoms in total. The summed E-state index contributed by atoms with van der Waals surface area (Å²) in [5, 5.41) is 0. The summed E-state index contributed by atoms with van der Waals surface area (Å²) >= 11 is 0. The summed E-state index contributed by atoms with van der Waals surface area (Å²) in [6.07, 6.45) is 11.3. The number of hydrogen-bond donors (Lipinski definition) is 2. The van der Waals surface area contributed by atoms with Gasteiger partial charge in [0.05, 0.1) is 0 Å². The third kappa shape index (κ3) is 9.01. The SMILES string of the molecule is C#CC.C=CC1=C(/C=C\C)CN(C(N)=O)CC1.CCN. The van der Waals surface area contributed by atoms with Crippen molar-refractivity contribution >= 4 is 6.03 Å². The van der Waals surface area contributed by atoms with Crippen molar-refractivity contribution in [1.29, 1.82) is 0 Å². The fraction of sp³-hybridized carbons (Fsp3) is 0.438. The Bertz CT molecular complexity index is 389. The Labute approximate surface area is 123 Å². The van der Waals surface area contributed by atoms with Gasteiger partial charge in [-0.1, -0.05) is 31.7 Å². The number of carbonyl (C=O) groups excluding carboxylic acids is 1. The van der Waals surface area contributed by atoms with Gasteiger partial charge < -0.3 is 16.4 Å². The van der Waals surface area contributed by atoms with Crippen LogP contribution < -0.4 is 11.5 Å². The van der Waals surface area contributed by atoms with E-state index in [1.54, 1.807) is 11.8 Å². The highest BCUT2D eigenvalue weighted by Gasteiger charge is 2.17. The first-order valence-electron chi connectivity index (χ1n) is 6.61. The molecule has 20 heavy (non-hydrogen) atoms. The molecule has 0 aromatic rings. The van der Waals surface area contributed by atoms with Crippen molar-refractivity contribution in [2.24, 2.45) is 11.5 Å². The second-order valence-corrected chi connectivity index (χ2v) is 3.96. The molecule has 1 aliphatic heterocycles. The summed E-state index contributed by atoms with van der Waals surface area (Å²) in [5.41, 5.74) is 12.4. The number of allylic oxidation sites excluding steroid dienone is 2. The number of primary amides is 1. The van der Waals surface area contributed by atoms with E-state index in [1.807, 2.05) is 32.1 Å². The second-order valence-electron chi connectivity index (χ2n) is 3.96. The van der Waals surface area contributed by atoms with Crippen LogP contribution in [0.3, 0.4) is 0 Å². The minimum Gasteiger partial charge on any atom is -0.351 e. The van der Waals surface area contributed by atoms with E-state index in [4.69, 9.17) is 11.5 Å². The van der Waals surface area contributed by atoms with Crippen LogP contribution >= 0.6 is 0 Å². The molecule has 0 aromatic carbocycles. The number of carbonyl (C=O) groups is 1. The Morgan fingerprint density at radius 2 is 2.05 bits per heavy atom. The Morgan fingerprint density at radius 1 is 1.55 bits per heavy atom. The third-order valence-electron chi connectivity index (χ3n) is 2.35. The van der Waals surface area contributed by atoms with Crippen LogP contribution in [0.2, 0.25) is 0 Å². The molecule has 1 aliphatic rings. The van der Waals surface area contributed by atoms with Crippen LogP contribution in [-0.2, 0) is 0 Å². The maximum absolute atomic E-state index is 11.0. The van der Waals surface area contributed by atoms with Gasteiger partial charge in [0.25, 0.3) is 0 Å². The second kappa shape index (κ2) is 13.4. The number of hydrogen-bond acceptors (Lipinski definition) is 2. The molecule has 0 atom stereocenters. The Balaban J connectivity index is 0. The fourth-order valence-electron chi connectivity index (χ4n) is 1.58. The van der Waals surface area contributed by atoms with Crippen LogP contribution in [0.15, 0.2) is 36.0 Å². The van der Waals surface area contributed by atoms with E-state index in [-0.39, 0.29) is 6.03 Å². The highest BCUT2D eigenvalue weighted by atomic mass is 16.2. The van der Waals surface area contributed by atoms with Crippen molar-refractivity contribution in [1.82, 2.24) is 4.90 Å². The van der Waals surface area contributed by atoms with Gasteiger partial charge in [-0.05, 0) is 38.0 Å². The number of rotatable bonds is 2. The van der Waals surface area contributed by atoms with Crippen LogP contribution in [0.25, 0.3) is 0 Å². The molecule has 4 N–H and O–H groups in total. The van der Waals surface area contributed by atoms with E-state index in [2.05, 4.69) is 18.9 Å². The molecule has 1 rings (SSSR count). The fourth-order valence-corrected chi connectivity index (χ4v) is 1.58.